The third-order valence-electron chi connectivity index (χ3n) is 4.37. The van der Waals surface area contributed by atoms with Crippen LogP contribution in [0, 0.1) is 10.1 Å². The van der Waals surface area contributed by atoms with E-state index in [-0.39, 0.29) is 11.6 Å². The van der Waals surface area contributed by atoms with Crippen LogP contribution in [0.3, 0.4) is 0 Å². The Bertz CT molecular complexity index is 572. The van der Waals surface area contributed by atoms with E-state index in [1.165, 1.54) is 37.8 Å². The van der Waals surface area contributed by atoms with Crippen LogP contribution in [-0.2, 0) is 4.79 Å². The van der Waals surface area contributed by atoms with Gasteiger partial charge in [0.1, 0.15) is 0 Å². The van der Waals surface area contributed by atoms with Gasteiger partial charge < -0.3 is 4.90 Å². The molecule has 0 saturated carbocycles. The van der Waals surface area contributed by atoms with Gasteiger partial charge in [0.15, 0.2) is 0 Å². The van der Waals surface area contributed by atoms with Gasteiger partial charge in [0.05, 0.1) is 4.92 Å². The molecule has 5 heteroatoms. The average Bonchev–Trinajstić information content (AvgIpc) is 2.65. The summed E-state index contributed by atoms with van der Waals surface area (Å²) in [6.07, 6.45) is 12.3. The van der Waals surface area contributed by atoms with Crippen LogP contribution in [0.4, 0.5) is 5.69 Å². The summed E-state index contributed by atoms with van der Waals surface area (Å²) >= 11 is 0. The fourth-order valence-electron chi connectivity index (χ4n) is 2.81. The Morgan fingerprint density at radius 3 is 2.19 bits per heavy atom. The monoisotopic (exact) mass is 360 g/mol. The molecule has 0 radical (unpaired) electrons. The van der Waals surface area contributed by atoms with E-state index in [0.717, 1.165) is 38.8 Å². The molecule has 0 spiro atoms. The number of nitrogens with zero attached hydrogens (tertiary/aromatic N) is 2. The number of carbonyl (C=O) groups excluding carboxylic acids is 1. The highest BCUT2D eigenvalue weighted by Gasteiger charge is 2.10. The first-order valence-electron chi connectivity index (χ1n) is 9.80. The van der Waals surface area contributed by atoms with Crippen molar-refractivity contribution >= 4 is 17.7 Å². The van der Waals surface area contributed by atoms with Crippen molar-refractivity contribution in [3.63, 3.8) is 0 Å². The molecule has 0 aliphatic carbocycles. The molecule has 26 heavy (non-hydrogen) atoms. The van der Waals surface area contributed by atoms with Crippen molar-refractivity contribution < 1.29 is 9.72 Å². The van der Waals surface area contributed by atoms with Crippen LogP contribution in [0.5, 0.6) is 0 Å². The van der Waals surface area contributed by atoms with Crippen molar-refractivity contribution in [2.24, 2.45) is 0 Å². The molecule has 144 valence electrons. The first kappa shape index (κ1) is 21.9. The van der Waals surface area contributed by atoms with E-state index in [9.17, 15) is 14.9 Å². The van der Waals surface area contributed by atoms with E-state index in [1.807, 2.05) is 4.90 Å². The fraction of sp³-hybridized carbons (Fsp3) is 0.571. The van der Waals surface area contributed by atoms with Gasteiger partial charge in [0, 0.05) is 31.3 Å². The maximum absolute atomic E-state index is 12.6. The minimum atomic E-state index is -0.424. The number of non-ortho nitro benzene ring substituents is 1. The van der Waals surface area contributed by atoms with Crippen LogP contribution in [0.2, 0.25) is 0 Å². The molecule has 5 nitrogen and oxygen atoms in total. The molecule has 0 N–H and O–H groups in total. The lowest BCUT2D eigenvalue weighted by molar-refractivity contribution is -0.384. The number of nitro benzene ring substituents is 1. The van der Waals surface area contributed by atoms with Crippen molar-refractivity contribution in [3.8, 4) is 0 Å². The number of amides is 1. The molecule has 1 amide bonds. The van der Waals surface area contributed by atoms with E-state index in [1.54, 1.807) is 24.3 Å². The molecule has 0 aromatic heterocycles. The first-order chi connectivity index (χ1) is 12.6. The maximum atomic E-state index is 12.6. The molecule has 0 unspecified atom stereocenters. The topological polar surface area (TPSA) is 63.5 Å². The second-order valence-corrected chi connectivity index (χ2v) is 6.63. The highest BCUT2D eigenvalue weighted by molar-refractivity contribution is 5.91. The Kier molecular flexibility index (Phi) is 11.0. The van der Waals surface area contributed by atoms with E-state index < -0.39 is 4.92 Å². The van der Waals surface area contributed by atoms with E-state index in [0.29, 0.717) is 5.56 Å². The van der Waals surface area contributed by atoms with Crippen LogP contribution < -0.4 is 0 Å². The van der Waals surface area contributed by atoms with Gasteiger partial charge in [-0.1, -0.05) is 64.5 Å². The molecule has 0 bridgehead atoms. The SMILES string of the molecule is CCCCCCN(CCCCCC)C(=O)C=Cc1cccc([N+](=O)[O-])c1. The summed E-state index contributed by atoms with van der Waals surface area (Å²) in [5, 5.41) is 10.8. The van der Waals surface area contributed by atoms with Crippen molar-refractivity contribution in [1.82, 2.24) is 4.90 Å². The van der Waals surface area contributed by atoms with Crippen LogP contribution >= 0.6 is 0 Å². The molecule has 0 atom stereocenters. The van der Waals surface area contributed by atoms with Crippen molar-refractivity contribution in [1.29, 1.82) is 0 Å². The Labute approximate surface area is 157 Å². The third kappa shape index (κ3) is 8.79. The summed E-state index contributed by atoms with van der Waals surface area (Å²) in [6.45, 7) is 5.92. The van der Waals surface area contributed by atoms with E-state index >= 15 is 0 Å². The predicted molar refractivity (Wildman–Crippen MR) is 107 cm³/mol. The molecule has 1 rings (SSSR count). The Morgan fingerprint density at radius 1 is 1.04 bits per heavy atom. The average molecular weight is 360 g/mol. The van der Waals surface area contributed by atoms with E-state index in [4.69, 9.17) is 0 Å². The summed E-state index contributed by atoms with van der Waals surface area (Å²) in [4.78, 5) is 24.9. The standard InChI is InChI=1S/C21H32N2O3/c1-3-5-7-9-16-22(17-10-8-6-4-2)21(24)15-14-19-12-11-13-20(18-19)23(25)26/h11-15,18H,3-10,16-17H2,1-2H3. The van der Waals surface area contributed by atoms with Gasteiger partial charge in [-0.2, -0.15) is 0 Å². The second kappa shape index (κ2) is 13.1. The molecule has 0 heterocycles. The van der Waals surface area contributed by atoms with E-state index in [2.05, 4.69) is 13.8 Å². The maximum Gasteiger partial charge on any atom is 0.270 e. The summed E-state index contributed by atoms with van der Waals surface area (Å²) in [5.74, 6) is -0.00972. The molecule has 0 aliphatic heterocycles. The first-order valence-corrected chi connectivity index (χ1v) is 9.80. The van der Waals surface area contributed by atoms with Gasteiger partial charge in [-0.25, -0.2) is 0 Å². The zero-order valence-corrected chi connectivity index (χ0v) is 16.2. The number of rotatable bonds is 13. The molecule has 0 aliphatic rings. The number of hydrogen-bond donors (Lipinski definition) is 0. The molecular weight excluding hydrogens is 328 g/mol. The van der Waals surface area contributed by atoms with Crippen LogP contribution in [-0.4, -0.2) is 28.8 Å². The normalized spacial score (nSPS) is 11.0. The van der Waals surface area contributed by atoms with Gasteiger partial charge in [-0.15, -0.1) is 0 Å². The molecule has 1 aromatic rings. The molecule has 0 fully saturated rings. The van der Waals surface area contributed by atoms with Gasteiger partial charge in [0.25, 0.3) is 5.69 Å². The third-order valence-corrected chi connectivity index (χ3v) is 4.37. The van der Waals surface area contributed by atoms with Crippen LogP contribution in [0.1, 0.15) is 70.8 Å². The van der Waals surface area contributed by atoms with Gasteiger partial charge in [-0.05, 0) is 24.5 Å². The summed E-state index contributed by atoms with van der Waals surface area (Å²) in [7, 11) is 0. The minimum absolute atomic E-state index is 0.00972. The Hall–Kier alpha value is -2.17. The predicted octanol–water partition coefficient (Wildman–Crippen LogP) is 5.60. The number of carbonyl (C=O) groups is 1. The van der Waals surface area contributed by atoms with Gasteiger partial charge in [0.2, 0.25) is 5.91 Å². The molecule has 0 saturated heterocycles. The molecule has 1 aromatic carbocycles. The quantitative estimate of drug-likeness (QED) is 0.199. The Balaban J connectivity index is 2.66. The van der Waals surface area contributed by atoms with Crippen molar-refractivity contribution in [2.75, 3.05) is 13.1 Å². The fourth-order valence-corrected chi connectivity index (χ4v) is 2.81. The highest BCUT2D eigenvalue weighted by Crippen LogP contribution is 2.14. The second-order valence-electron chi connectivity index (χ2n) is 6.63. The van der Waals surface area contributed by atoms with Gasteiger partial charge >= 0.3 is 0 Å². The summed E-state index contributed by atoms with van der Waals surface area (Å²) < 4.78 is 0. The summed E-state index contributed by atoms with van der Waals surface area (Å²) in [6, 6.07) is 6.34. The highest BCUT2D eigenvalue weighted by atomic mass is 16.6. The lowest BCUT2D eigenvalue weighted by Gasteiger charge is -2.21. The number of benzene rings is 1. The minimum Gasteiger partial charge on any atom is -0.339 e. The van der Waals surface area contributed by atoms with Gasteiger partial charge in [-0.3, -0.25) is 14.9 Å². The zero-order valence-electron chi connectivity index (χ0n) is 16.2. The largest absolute Gasteiger partial charge is 0.339 e. The number of hydrogen-bond acceptors (Lipinski definition) is 3. The lowest BCUT2D eigenvalue weighted by atomic mass is 10.1. The molecular formula is C21H32N2O3. The van der Waals surface area contributed by atoms with Crippen LogP contribution in [0.25, 0.3) is 6.08 Å². The zero-order chi connectivity index (χ0) is 19.2. The number of nitro groups is 1. The Morgan fingerprint density at radius 2 is 1.65 bits per heavy atom. The smallest absolute Gasteiger partial charge is 0.270 e. The van der Waals surface area contributed by atoms with Crippen LogP contribution in [0.15, 0.2) is 30.3 Å². The number of unbranched alkanes of at least 4 members (excludes halogenated alkanes) is 6. The van der Waals surface area contributed by atoms with Crippen molar-refractivity contribution in [2.45, 2.75) is 65.2 Å². The lowest BCUT2D eigenvalue weighted by Crippen LogP contribution is -2.31. The summed E-state index contributed by atoms with van der Waals surface area (Å²) in [5.41, 5.74) is 0.708. The van der Waals surface area contributed by atoms with Crippen molar-refractivity contribution in [3.05, 3.63) is 46.0 Å².